The third kappa shape index (κ3) is 4.56. The van der Waals surface area contributed by atoms with E-state index in [9.17, 15) is 4.79 Å². The van der Waals surface area contributed by atoms with E-state index < -0.39 is 0 Å². The number of ether oxygens (including phenoxy) is 2. The Morgan fingerprint density at radius 3 is 2.96 bits per heavy atom. The molecule has 1 aliphatic heterocycles. The normalized spacial score (nSPS) is 17.5. The Labute approximate surface area is 146 Å². The van der Waals surface area contributed by atoms with Gasteiger partial charge in [0.25, 0.3) is 0 Å². The van der Waals surface area contributed by atoms with Gasteiger partial charge < -0.3 is 9.47 Å². The van der Waals surface area contributed by atoms with Gasteiger partial charge in [-0.05, 0) is 48.9 Å². The molecule has 1 saturated heterocycles. The van der Waals surface area contributed by atoms with Gasteiger partial charge in [-0.2, -0.15) is 0 Å². The zero-order valence-electron chi connectivity index (χ0n) is 13.4. The summed E-state index contributed by atoms with van der Waals surface area (Å²) in [5.41, 5.74) is 1.90. The van der Waals surface area contributed by atoms with Gasteiger partial charge in [0.1, 0.15) is 5.75 Å². The van der Waals surface area contributed by atoms with Crippen LogP contribution in [0.1, 0.15) is 25.7 Å². The highest BCUT2D eigenvalue weighted by atomic mass is 35.5. The summed E-state index contributed by atoms with van der Waals surface area (Å²) in [6, 6.07) is 9.21. The summed E-state index contributed by atoms with van der Waals surface area (Å²) in [7, 11) is 0. The number of carbonyl (C=O) groups is 1. The maximum absolute atomic E-state index is 12.0. The molecule has 1 fully saturated rings. The first-order valence-corrected chi connectivity index (χ1v) is 8.58. The van der Waals surface area contributed by atoms with Gasteiger partial charge in [0.15, 0.2) is 0 Å². The Bertz CT molecular complexity index is 684. The number of nitrogens with zero attached hydrogens (tertiary/aromatic N) is 1. The molecule has 0 radical (unpaired) electrons. The van der Waals surface area contributed by atoms with Crippen LogP contribution in [0, 0.1) is 5.92 Å². The Morgan fingerprint density at radius 2 is 2.25 bits per heavy atom. The first-order chi connectivity index (χ1) is 11.7. The van der Waals surface area contributed by atoms with Gasteiger partial charge in [-0.25, -0.2) is 0 Å². The Morgan fingerprint density at radius 1 is 1.33 bits per heavy atom. The first kappa shape index (κ1) is 16.9. The topological polar surface area (TPSA) is 48.4 Å². The summed E-state index contributed by atoms with van der Waals surface area (Å²) in [4.78, 5) is 16.1. The lowest BCUT2D eigenvalue weighted by molar-refractivity contribution is -0.134. The molecule has 0 aliphatic carbocycles. The van der Waals surface area contributed by atoms with E-state index in [1.165, 1.54) is 0 Å². The molecule has 2 heterocycles. The van der Waals surface area contributed by atoms with E-state index in [1.807, 2.05) is 18.2 Å². The highest BCUT2D eigenvalue weighted by Crippen LogP contribution is 2.30. The van der Waals surface area contributed by atoms with Gasteiger partial charge in [-0.1, -0.05) is 23.7 Å². The number of hydrogen-bond acceptors (Lipinski definition) is 4. The van der Waals surface area contributed by atoms with E-state index >= 15 is 0 Å². The maximum atomic E-state index is 12.0. The molecule has 5 heteroatoms. The largest absolute Gasteiger partial charge is 0.425 e. The van der Waals surface area contributed by atoms with E-state index in [4.69, 9.17) is 21.1 Å². The van der Waals surface area contributed by atoms with Gasteiger partial charge in [0.2, 0.25) is 0 Å². The molecule has 0 spiro atoms. The minimum absolute atomic E-state index is 0.253. The van der Waals surface area contributed by atoms with E-state index in [0.717, 1.165) is 43.6 Å². The highest BCUT2D eigenvalue weighted by Gasteiger charge is 2.17. The number of rotatable bonds is 5. The van der Waals surface area contributed by atoms with Crippen molar-refractivity contribution in [3.8, 4) is 16.9 Å². The highest BCUT2D eigenvalue weighted by molar-refractivity contribution is 6.32. The van der Waals surface area contributed by atoms with Crippen LogP contribution in [0.25, 0.3) is 11.1 Å². The molecule has 0 bridgehead atoms. The number of carbonyl (C=O) groups excluding carboxylic acids is 1. The van der Waals surface area contributed by atoms with Gasteiger partial charge in [-0.3, -0.25) is 9.78 Å². The zero-order chi connectivity index (χ0) is 16.8. The van der Waals surface area contributed by atoms with Crippen molar-refractivity contribution in [2.75, 3.05) is 13.2 Å². The molecule has 4 nitrogen and oxygen atoms in total. The average molecular weight is 346 g/mol. The van der Waals surface area contributed by atoms with Crippen molar-refractivity contribution in [3.05, 3.63) is 47.7 Å². The molecule has 0 N–H and O–H groups in total. The zero-order valence-corrected chi connectivity index (χ0v) is 14.2. The number of aromatic nitrogens is 1. The molecule has 1 aromatic carbocycles. The Kier molecular flexibility index (Phi) is 5.83. The lowest BCUT2D eigenvalue weighted by atomic mass is 9.97. The standard InChI is InChI=1S/C19H20ClNO3/c20-17-11-15(16-4-1-9-21-12-16)6-7-18(17)24-19(22)8-5-14-3-2-10-23-13-14/h1,4,6-7,9,11-12,14H,2-3,5,8,10,13H2. The maximum Gasteiger partial charge on any atom is 0.311 e. The predicted molar refractivity (Wildman–Crippen MR) is 93.1 cm³/mol. The van der Waals surface area contributed by atoms with Gasteiger partial charge in [0, 0.05) is 37.6 Å². The third-order valence-electron chi connectivity index (χ3n) is 4.16. The van der Waals surface area contributed by atoms with Crippen molar-refractivity contribution >= 4 is 17.6 Å². The molecular formula is C19H20ClNO3. The van der Waals surface area contributed by atoms with Crippen LogP contribution in [-0.4, -0.2) is 24.2 Å². The van der Waals surface area contributed by atoms with Crippen molar-refractivity contribution in [2.24, 2.45) is 5.92 Å². The SMILES string of the molecule is O=C(CCC1CCCOC1)Oc1ccc(-c2cccnc2)cc1Cl. The van der Waals surface area contributed by atoms with Crippen LogP contribution in [0.4, 0.5) is 0 Å². The van der Waals surface area contributed by atoms with Gasteiger partial charge in [0.05, 0.1) is 5.02 Å². The summed E-state index contributed by atoms with van der Waals surface area (Å²) in [5.74, 6) is 0.598. The second-order valence-corrected chi connectivity index (χ2v) is 6.39. The fraction of sp³-hybridized carbons (Fsp3) is 0.368. The summed E-state index contributed by atoms with van der Waals surface area (Å²) < 4.78 is 10.8. The third-order valence-corrected chi connectivity index (χ3v) is 4.46. The number of hydrogen-bond donors (Lipinski definition) is 0. The molecule has 0 saturated carbocycles. The van der Waals surface area contributed by atoms with Crippen LogP contribution >= 0.6 is 11.6 Å². The van der Waals surface area contributed by atoms with Crippen molar-refractivity contribution in [2.45, 2.75) is 25.7 Å². The number of halogens is 1. The van der Waals surface area contributed by atoms with Crippen LogP contribution in [0.3, 0.4) is 0 Å². The first-order valence-electron chi connectivity index (χ1n) is 8.21. The van der Waals surface area contributed by atoms with E-state index in [2.05, 4.69) is 4.98 Å². The summed E-state index contributed by atoms with van der Waals surface area (Å²) >= 11 is 6.25. The van der Waals surface area contributed by atoms with E-state index in [-0.39, 0.29) is 5.97 Å². The number of esters is 1. The molecule has 126 valence electrons. The van der Waals surface area contributed by atoms with Crippen LogP contribution in [0.15, 0.2) is 42.7 Å². The predicted octanol–water partition coefficient (Wildman–Crippen LogP) is 4.51. The number of benzene rings is 1. The molecule has 24 heavy (non-hydrogen) atoms. The average Bonchev–Trinajstić information content (AvgIpc) is 2.63. The fourth-order valence-corrected chi connectivity index (χ4v) is 3.05. The molecule has 1 aromatic heterocycles. The van der Waals surface area contributed by atoms with Gasteiger partial charge >= 0.3 is 5.97 Å². The summed E-state index contributed by atoms with van der Waals surface area (Å²) in [5, 5.41) is 0.422. The number of pyridine rings is 1. The van der Waals surface area contributed by atoms with Crippen LogP contribution in [0.5, 0.6) is 5.75 Å². The minimum atomic E-state index is -0.253. The van der Waals surface area contributed by atoms with Crippen molar-refractivity contribution < 1.29 is 14.3 Å². The molecule has 0 amide bonds. The molecule has 1 unspecified atom stereocenters. The Balaban J connectivity index is 1.57. The molecule has 3 rings (SSSR count). The minimum Gasteiger partial charge on any atom is -0.425 e. The molecular weight excluding hydrogens is 326 g/mol. The second-order valence-electron chi connectivity index (χ2n) is 5.98. The van der Waals surface area contributed by atoms with Crippen LogP contribution in [-0.2, 0) is 9.53 Å². The van der Waals surface area contributed by atoms with Crippen LogP contribution < -0.4 is 4.74 Å². The summed E-state index contributed by atoms with van der Waals surface area (Å²) in [6.45, 7) is 1.58. The molecule has 1 atom stereocenters. The second kappa shape index (κ2) is 8.27. The quantitative estimate of drug-likeness (QED) is 0.590. The summed E-state index contributed by atoms with van der Waals surface area (Å²) in [6.07, 6.45) is 6.86. The van der Waals surface area contributed by atoms with Crippen LogP contribution in [0.2, 0.25) is 5.02 Å². The molecule has 1 aliphatic rings. The monoisotopic (exact) mass is 345 g/mol. The fourth-order valence-electron chi connectivity index (χ4n) is 2.83. The molecule has 2 aromatic rings. The smallest absolute Gasteiger partial charge is 0.311 e. The van der Waals surface area contributed by atoms with Gasteiger partial charge in [-0.15, -0.1) is 0 Å². The van der Waals surface area contributed by atoms with Crippen molar-refractivity contribution in [1.29, 1.82) is 0 Å². The lowest BCUT2D eigenvalue weighted by Crippen LogP contribution is -2.19. The Hall–Kier alpha value is -1.91. The van der Waals surface area contributed by atoms with Crippen molar-refractivity contribution in [3.63, 3.8) is 0 Å². The van der Waals surface area contributed by atoms with E-state index in [0.29, 0.717) is 23.1 Å². The van der Waals surface area contributed by atoms with Crippen molar-refractivity contribution in [1.82, 2.24) is 4.98 Å². The van der Waals surface area contributed by atoms with E-state index in [1.54, 1.807) is 24.5 Å². The lowest BCUT2D eigenvalue weighted by Gasteiger charge is -2.21.